The second-order valence-corrected chi connectivity index (χ2v) is 10.7. The predicted molar refractivity (Wildman–Crippen MR) is 141 cm³/mol. The second kappa shape index (κ2) is 9.47. The van der Waals surface area contributed by atoms with Gasteiger partial charge in [-0.3, -0.25) is 9.48 Å². The van der Waals surface area contributed by atoms with Crippen molar-refractivity contribution in [3.05, 3.63) is 78.0 Å². The summed E-state index contributed by atoms with van der Waals surface area (Å²) in [6.07, 6.45) is 2.16. The van der Waals surface area contributed by atoms with Crippen LogP contribution in [0.4, 0.5) is 9.18 Å². The second-order valence-electron chi connectivity index (χ2n) is 10.7. The normalized spacial score (nSPS) is 19.8. The third kappa shape index (κ3) is 4.76. The number of aromatic nitrogens is 5. The minimum atomic E-state index is -1.15. The van der Waals surface area contributed by atoms with E-state index in [4.69, 9.17) is 4.74 Å². The first-order chi connectivity index (χ1) is 19.1. The van der Waals surface area contributed by atoms with Crippen LogP contribution in [0.15, 0.2) is 60.9 Å². The lowest BCUT2D eigenvalue weighted by atomic mass is 9.93. The van der Waals surface area contributed by atoms with E-state index in [-0.39, 0.29) is 29.7 Å². The van der Waals surface area contributed by atoms with E-state index in [0.717, 1.165) is 0 Å². The molecule has 0 spiro atoms. The number of pyridine rings is 1. The molecule has 2 fully saturated rings. The average Bonchev–Trinajstić information content (AvgIpc) is 3.41. The monoisotopic (exact) mass is 545 g/mol. The molecule has 1 saturated carbocycles. The van der Waals surface area contributed by atoms with Crippen LogP contribution in [-0.4, -0.2) is 65.7 Å². The molecular formula is C28H28FN7O4. The lowest BCUT2D eigenvalue weighted by molar-refractivity contribution is 0.0740. The largest absolute Gasteiger partial charge is 0.474 e. The van der Waals surface area contributed by atoms with E-state index >= 15 is 0 Å². The number of likely N-dealkylation sites (tertiary alicyclic amines) is 1. The van der Waals surface area contributed by atoms with Gasteiger partial charge < -0.3 is 20.1 Å². The van der Waals surface area contributed by atoms with Gasteiger partial charge in [-0.2, -0.15) is 10.2 Å². The summed E-state index contributed by atoms with van der Waals surface area (Å²) in [5.41, 5.74) is 1.43. The van der Waals surface area contributed by atoms with Crippen LogP contribution in [0.3, 0.4) is 0 Å². The highest BCUT2D eigenvalue weighted by Gasteiger charge is 2.59. The van der Waals surface area contributed by atoms with E-state index in [1.54, 1.807) is 79.1 Å². The molecule has 1 aromatic carbocycles. The molecule has 1 unspecified atom stereocenters. The Hall–Kier alpha value is -4.74. The molecule has 1 aliphatic carbocycles. The number of ether oxygens (including phenoxy) is 1. The van der Waals surface area contributed by atoms with Gasteiger partial charge in [-0.15, -0.1) is 0 Å². The van der Waals surface area contributed by atoms with Gasteiger partial charge in [0.05, 0.1) is 11.2 Å². The van der Waals surface area contributed by atoms with E-state index in [0.29, 0.717) is 47.3 Å². The molecule has 2 amide bonds. The van der Waals surface area contributed by atoms with Crippen LogP contribution >= 0.6 is 0 Å². The van der Waals surface area contributed by atoms with Gasteiger partial charge in [-0.05, 0) is 55.8 Å². The highest BCUT2D eigenvalue weighted by atomic mass is 19.1. The van der Waals surface area contributed by atoms with Gasteiger partial charge in [0.15, 0.2) is 5.82 Å². The third-order valence-corrected chi connectivity index (χ3v) is 7.57. The maximum atomic E-state index is 13.5. The Balaban J connectivity index is 1.18. The molecule has 40 heavy (non-hydrogen) atoms. The van der Waals surface area contributed by atoms with Crippen molar-refractivity contribution in [1.82, 2.24) is 34.8 Å². The number of nitrogens with zero attached hydrogens (tertiary/aromatic N) is 6. The Morgan fingerprint density at radius 1 is 1.12 bits per heavy atom. The molecule has 0 radical (unpaired) electrons. The molecule has 1 saturated heterocycles. The van der Waals surface area contributed by atoms with Crippen LogP contribution in [0.25, 0.3) is 17.1 Å². The van der Waals surface area contributed by atoms with Gasteiger partial charge in [-0.25, -0.2) is 18.9 Å². The fourth-order valence-electron chi connectivity index (χ4n) is 5.32. The number of rotatable bonds is 7. The molecule has 3 atom stereocenters. The van der Waals surface area contributed by atoms with Crippen LogP contribution < -0.4 is 10.1 Å². The van der Waals surface area contributed by atoms with Gasteiger partial charge in [-0.1, -0.05) is 0 Å². The lowest BCUT2D eigenvalue weighted by Crippen LogP contribution is -2.40. The summed E-state index contributed by atoms with van der Waals surface area (Å²) in [7, 11) is 1.74. The van der Waals surface area contributed by atoms with Crippen molar-refractivity contribution in [3.63, 3.8) is 0 Å². The van der Waals surface area contributed by atoms with Crippen molar-refractivity contribution >= 4 is 12.0 Å². The van der Waals surface area contributed by atoms with Crippen molar-refractivity contribution < 1.29 is 23.8 Å². The van der Waals surface area contributed by atoms with Gasteiger partial charge in [0.25, 0.3) is 5.91 Å². The van der Waals surface area contributed by atoms with Crippen LogP contribution in [-0.2, 0) is 12.6 Å². The van der Waals surface area contributed by atoms with Crippen LogP contribution in [0.1, 0.15) is 29.9 Å². The minimum Gasteiger partial charge on any atom is -0.474 e. The molecule has 4 aromatic rings. The fourth-order valence-corrected chi connectivity index (χ4v) is 5.32. The third-order valence-electron chi connectivity index (χ3n) is 7.57. The average molecular weight is 546 g/mol. The summed E-state index contributed by atoms with van der Waals surface area (Å²) >= 11 is 0. The van der Waals surface area contributed by atoms with Crippen LogP contribution in [0.5, 0.6) is 5.88 Å². The number of nitrogens with one attached hydrogen (secondary N) is 1. The number of amides is 2. The number of benzene rings is 1. The molecule has 1 aliphatic heterocycles. The number of piperidine rings is 1. The zero-order chi connectivity index (χ0) is 28.2. The summed E-state index contributed by atoms with van der Waals surface area (Å²) in [5.74, 6) is 0.785. The molecule has 206 valence electrons. The molecule has 4 heterocycles. The Bertz CT molecular complexity index is 1570. The van der Waals surface area contributed by atoms with E-state index < -0.39 is 11.6 Å². The molecule has 2 aliphatic rings. The van der Waals surface area contributed by atoms with Gasteiger partial charge in [0.1, 0.15) is 17.6 Å². The summed E-state index contributed by atoms with van der Waals surface area (Å²) < 4.78 is 23.0. The number of halogens is 1. The molecule has 6 rings (SSSR count). The van der Waals surface area contributed by atoms with Crippen LogP contribution in [0, 0.1) is 17.7 Å². The van der Waals surface area contributed by atoms with Gasteiger partial charge >= 0.3 is 6.09 Å². The van der Waals surface area contributed by atoms with E-state index in [9.17, 15) is 19.1 Å². The Labute approximate surface area is 229 Å². The first-order valence-electron chi connectivity index (χ1n) is 12.9. The fraction of sp³-hybridized carbons (Fsp3) is 0.321. The number of hydrogen-bond donors (Lipinski definition) is 2. The highest BCUT2D eigenvalue weighted by Crippen LogP contribution is 2.48. The highest BCUT2D eigenvalue weighted by molar-refractivity contribution is 5.93. The summed E-state index contributed by atoms with van der Waals surface area (Å²) in [4.78, 5) is 31.1. The van der Waals surface area contributed by atoms with E-state index in [2.05, 4.69) is 20.5 Å². The van der Waals surface area contributed by atoms with Crippen molar-refractivity contribution in [2.45, 2.75) is 25.5 Å². The van der Waals surface area contributed by atoms with E-state index in [1.165, 1.54) is 12.1 Å². The van der Waals surface area contributed by atoms with Gasteiger partial charge in [0, 0.05) is 62.1 Å². The Morgan fingerprint density at radius 2 is 1.85 bits per heavy atom. The number of hydrogen-bond acceptors (Lipinski definition) is 6. The molecule has 11 nitrogen and oxygen atoms in total. The predicted octanol–water partition coefficient (Wildman–Crippen LogP) is 3.46. The quantitative estimate of drug-likeness (QED) is 0.364. The number of aryl methyl sites for hydroxylation is 1. The molecule has 12 heteroatoms. The molecule has 2 N–H and O–H groups in total. The van der Waals surface area contributed by atoms with Crippen molar-refractivity contribution in [2.24, 2.45) is 18.9 Å². The van der Waals surface area contributed by atoms with Gasteiger partial charge in [0.2, 0.25) is 5.88 Å². The lowest BCUT2D eigenvalue weighted by Gasteiger charge is -2.26. The maximum Gasteiger partial charge on any atom is 0.405 e. The molecule has 3 aromatic heterocycles. The van der Waals surface area contributed by atoms with Crippen LogP contribution in [0.2, 0.25) is 0 Å². The van der Waals surface area contributed by atoms with Crippen molar-refractivity contribution in [3.8, 4) is 23.0 Å². The topological polar surface area (TPSA) is 127 Å². The van der Waals surface area contributed by atoms with Crippen molar-refractivity contribution in [1.29, 1.82) is 0 Å². The molecular weight excluding hydrogens is 517 g/mol. The number of carbonyl (C=O) groups is 2. The number of carboxylic acid groups (broad SMARTS) is 1. The number of carbonyl (C=O) groups excluding carboxylic acids is 1. The maximum absolute atomic E-state index is 13.5. The summed E-state index contributed by atoms with van der Waals surface area (Å²) in [6.45, 7) is 4.60. The SMILES string of the molecule is Cn1nc(-n2cccn2)cc1C(=O)N1C[C@@H]2C(Oc3cc(C(C)(C)NC(=O)O)cc(-c4ccc(F)cc4)n3)[C@@H]2C1. The Morgan fingerprint density at radius 3 is 2.50 bits per heavy atom. The zero-order valence-electron chi connectivity index (χ0n) is 22.2. The zero-order valence-corrected chi connectivity index (χ0v) is 22.2. The standard InChI is InChI=1S/C28H28FN7O4/c1-28(2,32-27(38)39)17-11-21(16-5-7-18(29)8-6-16)31-24(12-17)40-25-19-14-35(15-20(19)25)26(37)22-13-23(33-34(22)3)36-10-4-9-30-36/h4-13,19-20,25,32H,14-15H2,1-3H3,(H,38,39)/t19-,20+,25?. The van der Waals surface area contributed by atoms with Crippen molar-refractivity contribution in [2.75, 3.05) is 13.1 Å². The summed E-state index contributed by atoms with van der Waals surface area (Å²) in [6, 6.07) is 13.0. The first-order valence-corrected chi connectivity index (χ1v) is 12.9. The first kappa shape index (κ1) is 25.5. The Kier molecular flexibility index (Phi) is 6.05. The smallest absolute Gasteiger partial charge is 0.405 e. The number of fused-ring (bicyclic) bond motifs is 1. The van der Waals surface area contributed by atoms with E-state index in [1.807, 2.05) is 4.90 Å². The molecule has 0 bridgehead atoms. The minimum absolute atomic E-state index is 0.0976. The summed E-state index contributed by atoms with van der Waals surface area (Å²) in [5, 5.41) is 20.4.